The highest BCUT2D eigenvalue weighted by Crippen LogP contribution is 2.26. The summed E-state index contributed by atoms with van der Waals surface area (Å²) < 4.78 is 19.1. The van der Waals surface area contributed by atoms with E-state index in [-0.39, 0.29) is 10.8 Å². The van der Waals surface area contributed by atoms with Crippen LogP contribution in [0.5, 0.6) is 5.75 Å². The van der Waals surface area contributed by atoms with Crippen LogP contribution in [0.1, 0.15) is 23.1 Å². The van der Waals surface area contributed by atoms with Gasteiger partial charge in [-0.3, -0.25) is 0 Å². The van der Waals surface area contributed by atoms with Crippen LogP contribution in [0.15, 0.2) is 30.3 Å². The molecule has 2 nitrogen and oxygen atoms in total. The minimum absolute atomic E-state index is 0.0816. The minimum atomic E-state index is -0.504. The van der Waals surface area contributed by atoms with Gasteiger partial charge in [0.25, 0.3) is 0 Å². The van der Waals surface area contributed by atoms with Crippen molar-refractivity contribution in [3.8, 4) is 5.75 Å². The van der Waals surface area contributed by atoms with E-state index in [1.54, 1.807) is 23.5 Å². The molecule has 20 heavy (non-hydrogen) atoms. The van der Waals surface area contributed by atoms with Gasteiger partial charge in [-0.1, -0.05) is 24.6 Å². The SMILES string of the molecule is CCCNCc1ccc(COc2cccc(Cl)c2F)s1. The first-order valence-corrected chi connectivity index (χ1v) is 7.75. The molecule has 0 saturated carbocycles. The Labute approximate surface area is 127 Å². The van der Waals surface area contributed by atoms with Crippen LogP contribution in [0.3, 0.4) is 0 Å². The maximum absolute atomic E-state index is 13.7. The molecule has 1 aromatic carbocycles. The third kappa shape index (κ3) is 4.20. The second-order valence-corrected chi connectivity index (χ2v) is 6.05. The van der Waals surface area contributed by atoms with Gasteiger partial charge in [-0.15, -0.1) is 11.3 Å². The van der Waals surface area contributed by atoms with Crippen LogP contribution in [0.2, 0.25) is 5.02 Å². The van der Waals surface area contributed by atoms with E-state index in [0.29, 0.717) is 6.61 Å². The summed E-state index contributed by atoms with van der Waals surface area (Å²) in [5.41, 5.74) is 0. The van der Waals surface area contributed by atoms with Crippen molar-refractivity contribution in [1.29, 1.82) is 0 Å². The third-order valence-electron chi connectivity index (χ3n) is 2.73. The van der Waals surface area contributed by atoms with E-state index >= 15 is 0 Å². The van der Waals surface area contributed by atoms with Gasteiger partial charge < -0.3 is 10.1 Å². The van der Waals surface area contributed by atoms with Gasteiger partial charge in [0.15, 0.2) is 11.6 Å². The number of nitrogens with one attached hydrogen (secondary N) is 1. The van der Waals surface area contributed by atoms with E-state index in [9.17, 15) is 4.39 Å². The maximum Gasteiger partial charge on any atom is 0.183 e. The molecule has 108 valence electrons. The molecule has 0 radical (unpaired) electrons. The molecule has 1 N–H and O–H groups in total. The molecule has 0 aliphatic rings. The van der Waals surface area contributed by atoms with Crippen molar-refractivity contribution >= 4 is 22.9 Å². The number of ether oxygens (including phenoxy) is 1. The average Bonchev–Trinajstić information content (AvgIpc) is 2.89. The van der Waals surface area contributed by atoms with Crippen molar-refractivity contribution in [3.63, 3.8) is 0 Å². The fraction of sp³-hybridized carbons (Fsp3) is 0.333. The van der Waals surface area contributed by atoms with E-state index in [4.69, 9.17) is 16.3 Å². The highest BCUT2D eigenvalue weighted by Gasteiger charge is 2.08. The normalized spacial score (nSPS) is 10.8. The molecule has 2 rings (SSSR count). The zero-order valence-corrected chi connectivity index (χ0v) is 12.9. The van der Waals surface area contributed by atoms with Gasteiger partial charge >= 0.3 is 0 Å². The Kier molecular flexibility index (Phi) is 5.83. The lowest BCUT2D eigenvalue weighted by Crippen LogP contribution is -2.12. The number of thiophene rings is 1. The standard InChI is InChI=1S/C15H17ClFNOS/c1-2-8-18-9-11-6-7-12(20-11)10-19-14-5-3-4-13(16)15(14)17/h3-7,18H,2,8-10H2,1H3. The summed E-state index contributed by atoms with van der Waals surface area (Å²) in [5.74, 6) is -0.313. The number of rotatable bonds is 7. The molecule has 0 saturated heterocycles. The first-order valence-electron chi connectivity index (χ1n) is 6.56. The summed E-state index contributed by atoms with van der Waals surface area (Å²) in [4.78, 5) is 2.32. The van der Waals surface area contributed by atoms with E-state index < -0.39 is 5.82 Å². The van der Waals surface area contributed by atoms with E-state index in [1.165, 1.54) is 10.9 Å². The molecule has 0 unspecified atom stereocenters. The molecule has 2 aromatic rings. The van der Waals surface area contributed by atoms with Gasteiger partial charge in [0.05, 0.1) is 5.02 Å². The second kappa shape index (κ2) is 7.62. The molecule has 1 aromatic heterocycles. The molecule has 0 bridgehead atoms. The first-order chi connectivity index (χ1) is 9.70. The maximum atomic E-state index is 13.7. The van der Waals surface area contributed by atoms with Crippen LogP contribution in [0, 0.1) is 5.82 Å². The Hall–Kier alpha value is -1.10. The molecule has 0 aliphatic heterocycles. The van der Waals surface area contributed by atoms with Crippen molar-refractivity contribution in [2.45, 2.75) is 26.5 Å². The van der Waals surface area contributed by atoms with Crippen LogP contribution in [0.25, 0.3) is 0 Å². The summed E-state index contributed by atoms with van der Waals surface area (Å²) in [6.45, 7) is 4.37. The lowest BCUT2D eigenvalue weighted by Gasteiger charge is -2.06. The number of benzene rings is 1. The fourth-order valence-electron chi connectivity index (χ4n) is 1.73. The quantitative estimate of drug-likeness (QED) is 0.753. The summed E-state index contributed by atoms with van der Waals surface area (Å²) in [6, 6.07) is 8.84. The molecule has 0 atom stereocenters. The average molecular weight is 314 g/mol. The number of halogens is 2. The van der Waals surface area contributed by atoms with Crippen LogP contribution >= 0.6 is 22.9 Å². The van der Waals surface area contributed by atoms with Crippen molar-refractivity contribution < 1.29 is 9.13 Å². The molecular formula is C15H17ClFNOS. The van der Waals surface area contributed by atoms with Crippen LogP contribution in [0.4, 0.5) is 4.39 Å². The lowest BCUT2D eigenvalue weighted by molar-refractivity contribution is 0.293. The Balaban J connectivity index is 1.89. The van der Waals surface area contributed by atoms with Crippen LogP contribution in [-0.4, -0.2) is 6.54 Å². The topological polar surface area (TPSA) is 21.3 Å². The van der Waals surface area contributed by atoms with Crippen LogP contribution in [-0.2, 0) is 13.2 Å². The summed E-state index contributed by atoms with van der Waals surface area (Å²) in [6.07, 6.45) is 1.12. The molecule has 1 heterocycles. The van der Waals surface area contributed by atoms with Crippen LogP contribution < -0.4 is 10.1 Å². The van der Waals surface area contributed by atoms with Gasteiger partial charge in [0.2, 0.25) is 0 Å². The van der Waals surface area contributed by atoms with E-state index in [1.807, 2.05) is 6.07 Å². The minimum Gasteiger partial charge on any atom is -0.485 e. The molecule has 0 fully saturated rings. The Bertz CT molecular complexity index is 559. The zero-order valence-electron chi connectivity index (χ0n) is 11.3. The largest absolute Gasteiger partial charge is 0.485 e. The van der Waals surface area contributed by atoms with Gasteiger partial charge in [0.1, 0.15) is 6.61 Å². The third-order valence-corrected chi connectivity index (χ3v) is 4.08. The highest BCUT2D eigenvalue weighted by molar-refractivity contribution is 7.11. The van der Waals surface area contributed by atoms with Crippen molar-refractivity contribution in [1.82, 2.24) is 5.32 Å². The summed E-state index contributed by atoms with van der Waals surface area (Å²) in [7, 11) is 0. The van der Waals surface area contributed by atoms with E-state index in [0.717, 1.165) is 24.4 Å². The Morgan fingerprint density at radius 2 is 2.05 bits per heavy atom. The Morgan fingerprint density at radius 3 is 2.85 bits per heavy atom. The van der Waals surface area contributed by atoms with Crippen molar-refractivity contribution in [2.24, 2.45) is 0 Å². The second-order valence-electron chi connectivity index (χ2n) is 4.39. The predicted octanol–water partition coefficient (Wildman–Crippen LogP) is 4.62. The Morgan fingerprint density at radius 1 is 1.25 bits per heavy atom. The first kappa shape index (κ1) is 15.3. The predicted molar refractivity (Wildman–Crippen MR) is 82.1 cm³/mol. The van der Waals surface area contributed by atoms with Gasteiger partial charge in [-0.05, 0) is 37.2 Å². The van der Waals surface area contributed by atoms with Crippen molar-refractivity contribution in [3.05, 3.63) is 50.9 Å². The number of hydrogen-bond donors (Lipinski definition) is 1. The molecule has 0 aliphatic carbocycles. The van der Waals surface area contributed by atoms with Gasteiger partial charge in [0, 0.05) is 16.3 Å². The molecule has 5 heteroatoms. The zero-order chi connectivity index (χ0) is 14.4. The van der Waals surface area contributed by atoms with Crippen molar-refractivity contribution in [2.75, 3.05) is 6.54 Å². The smallest absolute Gasteiger partial charge is 0.183 e. The monoisotopic (exact) mass is 313 g/mol. The highest BCUT2D eigenvalue weighted by atomic mass is 35.5. The van der Waals surface area contributed by atoms with Gasteiger partial charge in [-0.2, -0.15) is 0 Å². The van der Waals surface area contributed by atoms with Gasteiger partial charge in [-0.25, -0.2) is 4.39 Å². The fourth-order valence-corrected chi connectivity index (χ4v) is 2.79. The lowest BCUT2D eigenvalue weighted by atomic mass is 10.3. The molecule has 0 amide bonds. The summed E-state index contributed by atoms with van der Waals surface area (Å²) >= 11 is 7.38. The molecular weight excluding hydrogens is 297 g/mol. The number of hydrogen-bond acceptors (Lipinski definition) is 3. The van der Waals surface area contributed by atoms with E-state index in [2.05, 4.69) is 18.3 Å². The summed E-state index contributed by atoms with van der Waals surface area (Å²) in [5, 5.41) is 3.43. The molecule has 0 spiro atoms.